The van der Waals surface area contributed by atoms with E-state index in [1.54, 1.807) is 32.9 Å². The van der Waals surface area contributed by atoms with Gasteiger partial charge in [-0.05, 0) is 62.7 Å². The molecule has 3 atom stereocenters. The molecule has 0 saturated carbocycles. The summed E-state index contributed by atoms with van der Waals surface area (Å²) in [4.78, 5) is 17.2. The van der Waals surface area contributed by atoms with Crippen molar-refractivity contribution in [3.8, 4) is 0 Å². The van der Waals surface area contributed by atoms with Crippen LogP contribution in [0.3, 0.4) is 0 Å². The van der Waals surface area contributed by atoms with Gasteiger partial charge < -0.3 is 19.3 Å². The fourth-order valence-corrected chi connectivity index (χ4v) is 4.58. The summed E-state index contributed by atoms with van der Waals surface area (Å²) in [6, 6.07) is 9.54. The van der Waals surface area contributed by atoms with Gasteiger partial charge in [0.15, 0.2) is 0 Å². The number of ether oxygens (including phenoxy) is 1. The maximum Gasteiger partial charge on any atom is 0.410 e. The number of hydrogen-bond acceptors (Lipinski definition) is 4. The first-order valence-electron chi connectivity index (χ1n) is 10.2. The van der Waals surface area contributed by atoms with Crippen LogP contribution in [-0.2, 0) is 4.74 Å². The highest BCUT2D eigenvalue weighted by molar-refractivity contribution is 6.33. The van der Waals surface area contributed by atoms with Crippen molar-refractivity contribution in [1.82, 2.24) is 9.47 Å². The molecule has 2 aromatic carbocycles. The molecule has 0 bridgehead atoms. The lowest BCUT2D eigenvalue weighted by Gasteiger charge is -2.41. The molecule has 1 aliphatic heterocycles. The number of hydrogen-bond donors (Lipinski definition) is 1. The van der Waals surface area contributed by atoms with E-state index in [4.69, 9.17) is 33.5 Å². The summed E-state index contributed by atoms with van der Waals surface area (Å²) < 4.78 is 7.49. The number of azide groups is 1. The van der Waals surface area contributed by atoms with Crippen LogP contribution in [0.25, 0.3) is 32.2 Å². The molecule has 0 aliphatic carbocycles. The SMILES string of the molecule is CC(C)(C)OC(=O)N1C[C@H](N=[N+]=[N-])[C@@H](O)[C@@H](n2c3ccc(Cl)cc3c3cc(Cl)ccc32)C1. The molecule has 2 heterocycles. The lowest BCUT2D eigenvalue weighted by atomic mass is 9.97. The Bertz CT molecular complexity index is 1190. The Morgan fingerprint density at radius 1 is 1.12 bits per heavy atom. The van der Waals surface area contributed by atoms with E-state index in [9.17, 15) is 9.90 Å². The zero-order valence-electron chi connectivity index (χ0n) is 17.9. The van der Waals surface area contributed by atoms with E-state index in [-0.39, 0.29) is 13.1 Å². The molecule has 0 radical (unpaired) electrons. The number of aliphatic hydroxyl groups is 1. The number of benzene rings is 2. The molecule has 4 rings (SSSR count). The second-order valence-electron chi connectivity index (χ2n) is 8.91. The summed E-state index contributed by atoms with van der Waals surface area (Å²) in [7, 11) is 0. The molecule has 1 aromatic heterocycles. The van der Waals surface area contributed by atoms with Crippen LogP contribution < -0.4 is 0 Å². The van der Waals surface area contributed by atoms with Gasteiger partial charge in [0.25, 0.3) is 0 Å². The molecule has 1 aliphatic rings. The van der Waals surface area contributed by atoms with Crippen molar-refractivity contribution in [2.24, 2.45) is 5.11 Å². The molecular formula is C22H23Cl2N5O3. The monoisotopic (exact) mass is 475 g/mol. The molecule has 0 unspecified atom stereocenters. The van der Waals surface area contributed by atoms with Crippen molar-refractivity contribution in [2.45, 2.75) is 44.6 Å². The standard InChI is InChI=1S/C22H23Cl2N5O3/c1-22(2,3)32-21(31)28-10-16(26-27-25)20(30)19(11-28)29-17-6-4-12(23)8-14(17)15-9-13(24)5-7-18(15)29/h4-9,16,19-20,30H,10-11H2,1-3H3/t16-,19-,20+/m0/s1. The number of carbonyl (C=O) groups excluding carboxylic acids is 1. The van der Waals surface area contributed by atoms with Gasteiger partial charge in [-0.25, -0.2) is 4.79 Å². The first kappa shape index (κ1) is 22.6. The molecular weight excluding hydrogens is 453 g/mol. The fourth-order valence-electron chi connectivity index (χ4n) is 4.23. The third-order valence-electron chi connectivity index (χ3n) is 5.51. The van der Waals surface area contributed by atoms with Crippen molar-refractivity contribution >= 4 is 51.1 Å². The van der Waals surface area contributed by atoms with Crippen LogP contribution in [0, 0.1) is 0 Å². The Labute approximate surface area is 194 Å². The number of amides is 1. The minimum Gasteiger partial charge on any atom is -0.444 e. The second-order valence-corrected chi connectivity index (χ2v) is 9.78. The van der Waals surface area contributed by atoms with Crippen molar-refractivity contribution in [3.05, 3.63) is 56.9 Å². The summed E-state index contributed by atoms with van der Waals surface area (Å²) in [5.41, 5.74) is 10.0. The number of rotatable bonds is 2. The zero-order valence-corrected chi connectivity index (χ0v) is 19.4. The van der Waals surface area contributed by atoms with E-state index in [2.05, 4.69) is 10.0 Å². The van der Waals surface area contributed by atoms with Gasteiger partial charge in [0.2, 0.25) is 0 Å². The highest BCUT2D eigenvalue weighted by atomic mass is 35.5. The molecule has 1 fully saturated rings. The predicted molar refractivity (Wildman–Crippen MR) is 125 cm³/mol. The van der Waals surface area contributed by atoms with Gasteiger partial charge >= 0.3 is 6.09 Å². The van der Waals surface area contributed by atoms with Gasteiger partial charge in [0.05, 0.1) is 18.2 Å². The number of piperidine rings is 1. The Hall–Kier alpha value is -2.64. The van der Waals surface area contributed by atoms with E-state index < -0.39 is 29.9 Å². The summed E-state index contributed by atoms with van der Waals surface area (Å²) in [6.45, 7) is 5.59. The van der Waals surface area contributed by atoms with Crippen LogP contribution in [0.5, 0.6) is 0 Å². The molecule has 1 amide bonds. The predicted octanol–water partition coefficient (Wildman–Crippen LogP) is 5.93. The van der Waals surface area contributed by atoms with E-state index in [1.807, 2.05) is 28.8 Å². The summed E-state index contributed by atoms with van der Waals surface area (Å²) in [5.74, 6) is 0. The van der Waals surface area contributed by atoms with Gasteiger partial charge in [-0.2, -0.15) is 0 Å². The van der Waals surface area contributed by atoms with Crippen LogP contribution in [0.1, 0.15) is 26.8 Å². The first-order valence-corrected chi connectivity index (χ1v) is 10.9. The largest absolute Gasteiger partial charge is 0.444 e. The Morgan fingerprint density at radius 3 is 2.19 bits per heavy atom. The third kappa shape index (κ3) is 4.19. The van der Waals surface area contributed by atoms with Gasteiger partial charge in [0, 0.05) is 49.9 Å². The number of halogens is 2. The van der Waals surface area contributed by atoms with Crippen molar-refractivity contribution in [1.29, 1.82) is 0 Å². The van der Waals surface area contributed by atoms with Gasteiger partial charge in [-0.1, -0.05) is 28.3 Å². The highest BCUT2D eigenvalue weighted by Gasteiger charge is 2.40. The van der Waals surface area contributed by atoms with E-state index in [0.717, 1.165) is 21.8 Å². The molecule has 1 N–H and O–H groups in total. The minimum atomic E-state index is -1.02. The Morgan fingerprint density at radius 2 is 1.69 bits per heavy atom. The number of aliphatic hydroxyl groups excluding tert-OH is 1. The lowest BCUT2D eigenvalue weighted by molar-refractivity contribution is -0.0119. The van der Waals surface area contributed by atoms with Crippen LogP contribution >= 0.6 is 23.2 Å². The average molecular weight is 476 g/mol. The van der Waals surface area contributed by atoms with E-state index in [0.29, 0.717) is 10.0 Å². The number of fused-ring (bicyclic) bond motifs is 3. The third-order valence-corrected chi connectivity index (χ3v) is 5.98. The normalized spacial score (nSPS) is 21.6. The van der Waals surface area contributed by atoms with Gasteiger partial charge in [-0.3, -0.25) is 0 Å². The highest BCUT2D eigenvalue weighted by Crippen LogP contribution is 2.38. The lowest BCUT2D eigenvalue weighted by Crippen LogP contribution is -2.54. The summed E-state index contributed by atoms with van der Waals surface area (Å²) >= 11 is 12.5. The van der Waals surface area contributed by atoms with E-state index >= 15 is 0 Å². The van der Waals surface area contributed by atoms with Crippen molar-refractivity contribution < 1.29 is 14.6 Å². The second kappa shape index (κ2) is 8.37. The molecule has 3 aromatic rings. The maximum absolute atomic E-state index is 12.8. The van der Waals surface area contributed by atoms with Gasteiger partial charge in [-0.15, -0.1) is 0 Å². The van der Waals surface area contributed by atoms with Crippen molar-refractivity contribution in [2.75, 3.05) is 13.1 Å². The topological polar surface area (TPSA) is 103 Å². The summed E-state index contributed by atoms with van der Waals surface area (Å²) in [5, 5.41) is 17.8. The van der Waals surface area contributed by atoms with Crippen LogP contribution in [0.15, 0.2) is 41.5 Å². The molecule has 10 heteroatoms. The van der Waals surface area contributed by atoms with Gasteiger partial charge in [0.1, 0.15) is 5.60 Å². The van der Waals surface area contributed by atoms with Crippen LogP contribution in [0.2, 0.25) is 10.0 Å². The Kier molecular flexibility index (Phi) is 5.90. The average Bonchev–Trinajstić information content (AvgIpc) is 3.01. The fraction of sp³-hybridized carbons (Fsp3) is 0.409. The molecule has 32 heavy (non-hydrogen) atoms. The number of carbonyl (C=O) groups is 1. The van der Waals surface area contributed by atoms with Crippen molar-refractivity contribution in [3.63, 3.8) is 0 Å². The molecule has 0 spiro atoms. The number of likely N-dealkylation sites (tertiary alicyclic amines) is 1. The quantitative estimate of drug-likeness (QED) is 0.282. The molecule has 168 valence electrons. The number of aromatic nitrogens is 1. The molecule has 8 nitrogen and oxygen atoms in total. The minimum absolute atomic E-state index is 0.0609. The summed E-state index contributed by atoms with van der Waals surface area (Å²) in [6.07, 6.45) is -1.55. The van der Waals surface area contributed by atoms with E-state index in [1.165, 1.54) is 4.90 Å². The van der Waals surface area contributed by atoms with Crippen LogP contribution in [-0.4, -0.2) is 51.5 Å². The Balaban J connectivity index is 1.87. The zero-order chi connectivity index (χ0) is 23.2. The maximum atomic E-state index is 12.8. The molecule has 1 saturated heterocycles. The smallest absolute Gasteiger partial charge is 0.410 e. The number of nitrogens with zero attached hydrogens (tertiary/aromatic N) is 5. The first-order chi connectivity index (χ1) is 15.1. The van der Waals surface area contributed by atoms with Crippen LogP contribution in [0.4, 0.5) is 4.79 Å².